The van der Waals surface area contributed by atoms with Gasteiger partial charge >= 0.3 is 12.1 Å². The van der Waals surface area contributed by atoms with E-state index in [4.69, 9.17) is 9.84 Å². The van der Waals surface area contributed by atoms with E-state index in [0.29, 0.717) is 6.42 Å². The molecule has 0 aromatic heterocycles. The van der Waals surface area contributed by atoms with Crippen molar-refractivity contribution in [2.45, 2.75) is 58.6 Å². The number of alkyl carbamates (subject to hydrolysis) is 1. The number of carbonyl (C=O) groups is 2. The zero-order valence-corrected chi connectivity index (χ0v) is 11.5. The Morgan fingerprint density at radius 1 is 1.28 bits per heavy atom. The van der Waals surface area contributed by atoms with E-state index in [-0.39, 0.29) is 17.9 Å². The first kappa shape index (κ1) is 14.8. The second-order valence-electron chi connectivity index (χ2n) is 5.99. The van der Waals surface area contributed by atoms with E-state index in [2.05, 4.69) is 5.32 Å². The van der Waals surface area contributed by atoms with Gasteiger partial charge in [-0.25, -0.2) is 4.79 Å². The first-order valence-corrected chi connectivity index (χ1v) is 6.43. The molecule has 1 aliphatic rings. The van der Waals surface area contributed by atoms with Gasteiger partial charge in [0.1, 0.15) is 5.60 Å². The Balaban J connectivity index is 2.56. The number of rotatable bonds is 2. The monoisotopic (exact) mass is 257 g/mol. The van der Waals surface area contributed by atoms with E-state index >= 15 is 0 Å². The maximum absolute atomic E-state index is 11.7. The van der Waals surface area contributed by atoms with Gasteiger partial charge in [0, 0.05) is 6.04 Å². The maximum atomic E-state index is 11.7. The molecule has 1 aliphatic carbocycles. The number of nitrogens with one attached hydrogen (secondary N) is 1. The van der Waals surface area contributed by atoms with Crippen LogP contribution in [0, 0.1) is 11.8 Å². The molecule has 1 amide bonds. The summed E-state index contributed by atoms with van der Waals surface area (Å²) in [5.41, 5.74) is -0.534. The topological polar surface area (TPSA) is 75.6 Å². The van der Waals surface area contributed by atoms with Gasteiger partial charge in [0.25, 0.3) is 0 Å². The van der Waals surface area contributed by atoms with Gasteiger partial charge in [-0.2, -0.15) is 0 Å². The minimum Gasteiger partial charge on any atom is -0.481 e. The average Bonchev–Trinajstić information content (AvgIpc) is 2.17. The van der Waals surface area contributed by atoms with Crippen LogP contribution < -0.4 is 5.32 Å². The number of hydrogen-bond acceptors (Lipinski definition) is 3. The van der Waals surface area contributed by atoms with E-state index in [9.17, 15) is 9.59 Å². The van der Waals surface area contributed by atoms with Crippen molar-refractivity contribution in [1.29, 1.82) is 0 Å². The molecule has 1 rings (SSSR count). The standard InChI is InChI=1S/C13H23NO4/c1-8-9(11(15)16)6-5-7-10(8)14-12(17)18-13(2,3)4/h8-10H,5-7H2,1-4H3,(H,14,17)(H,15,16)/t8-,9+,10-/m1/s1. The average molecular weight is 257 g/mol. The molecule has 104 valence electrons. The van der Waals surface area contributed by atoms with Crippen LogP contribution in [-0.2, 0) is 9.53 Å². The van der Waals surface area contributed by atoms with Gasteiger partial charge < -0.3 is 15.2 Å². The normalized spacial score (nSPS) is 28.6. The Labute approximate surface area is 108 Å². The van der Waals surface area contributed by atoms with Crippen molar-refractivity contribution in [3.63, 3.8) is 0 Å². The van der Waals surface area contributed by atoms with Gasteiger partial charge in [0.2, 0.25) is 0 Å². The van der Waals surface area contributed by atoms with Crippen molar-refractivity contribution in [2.24, 2.45) is 11.8 Å². The molecule has 1 saturated carbocycles. The van der Waals surface area contributed by atoms with Crippen LogP contribution in [0.25, 0.3) is 0 Å². The lowest BCUT2D eigenvalue weighted by atomic mass is 9.77. The fourth-order valence-electron chi connectivity index (χ4n) is 2.37. The van der Waals surface area contributed by atoms with Crippen molar-refractivity contribution in [1.82, 2.24) is 5.32 Å². The van der Waals surface area contributed by atoms with Gasteiger partial charge in [0.15, 0.2) is 0 Å². The molecular formula is C13H23NO4. The Kier molecular flexibility index (Phi) is 4.59. The van der Waals surface area contributed by atoms with Crippen molar-refractivity contribution >= 4 is 12.1 Å². The minimum absolute atomic E-state index is 0.0660. The molecule has 2 N–H and O–H groups in total. The quantitative estimate of drug-likeness (QED) is 0.796. The zero-order chi connectivity index (χ0) is 13.9. The van der Waals surface area contributed by atoms with Crippen LogP contribution in [0.4, 0.5) is 4.79 Å². The first-order valence-electron chi connectivity index (χ1n) is 6.43. The summed E-state index contributed by atoms with van der Waals surface area (Å²) in [7, 11) is 0. The Bertz CT molecular complexity index is 321. The summed E-state index contributed by atoms with van der Waals surface area (Å²) in [5.74, 6) is -1.22. The highest BCUT2D eigenvalue weighted by Gasteiger charge is 2.35. The molecule has 0 aromatic rings. The van der Waals surface area contributed by atoms with Gasteiger partial charge in [-0.15, -0.1) is 0 Å². The van der Waals surface area contributed by atoms with Crippen molar-refractivity contribution in [3.8, 4) is 0 Å². The number of ether oxygens (including phenoxy) is 1. The molecule has 0 saturated heterocycles. The fourth-order valence-corrected chi connectivity index (χ4v) is 2.37. The number of aliphatic carboxylic acids is 1. The fraction of sp³-hybridized carbons (Fsp3) is 0.846. The molecule has 0 unspecified atom stereocenters. The lowest BCUT2D eigenvalue weighted by Crippen LogP contribution is -2.47. The molecule has 0 aromatic carbocycles. The van der Waals surface area contributed by atoms with Gasteiger partial charge in [-0.1, -0.05) is 13.3 Å². The number of carboxylic acid groups (broad SMARTS) is 1. The lowest BCUT2D eigenvalue weighted by molar-refractivity contribution is -0.145. The van der Waals surface area contributed by atoms with Crippen LogP contribution in [0.3, 0.4) is 0 Å². The zero-order valence-electron chi connectivity index (χ0n) is 11.5. The minimum atomic E-state index is -0.779. The molecule has 0 heterocycles. The lowest BCUT2D eigenvalue weighted by Gasteiger charge is -2.34. The van der Waals surface area contributed by atoms with E-state index < -0.39 is 17.7 Å². The summed E-state index contributed by atoms with van der Waals surface area (Å²) in [6.45, 7) is 7.28. The molecule has 1 fully saturated rings. The Hall–Kier alpha value is -1.26. The number of carboxylic acids is 1. The van der Waals surface area contributed by atoms with Crippen molar-refractivity contribution < 1.29 is 19.4 Å². The molecule has 0 spiro atoms. The van der Waals surface area contributed by atoms with Gasteiger partial charge in [-0.3, -0.25) is 4.79 Å². The smallest absolute Gasteiger partial charge is 0.407 e. The number of amides is 1. The largest absolute Gasteiger partial charge is 0.481 e. The number of hydrogen-bond donors (Lipinski definition) is 2. The summed E-state index contributed by atoms with van der Waals surface area (Å²) in [5, 5.41) is 11.9. The van der Waals surface area contributed by atoms with Crippen LogP contribution in [-0.4, -0.2) is 28.8 Å². The Morgan fingerprint density at radius 2 is 1.89 bits per heavy atom. The van der Waals surface area contributed by atoms with Crippen LogP contribution in [0.5, 0.6) is 0 Å². The van der Waals surface area contributed by atoms with E-state index in [1.807, 2.05) is 6.92 Å². The molecular weight excluding hydrogens is 234 g/mol. The second-order valence-corrected chi connectivity index (χ2v) is 5.99. The summed E-state index contributed by atoms with van der Waals surface area (Å²) >= 11 is 0. The highest BCUT2D eigenvalue weighted by molar-refractivity contribution is 5.71. The second kappa shape index (κ2) is 5.59. The van der Waals surface area contributed by atoms with E-state index in [0.717, 1.165) is 12.8 Å². The van der Waals surface area contributed by atoms with Gasteiger partial charge in [0.05, 0.1) is 5.92 Å². The maximum Gasteiger partial charge on any atom is 0.407 e. The van der Waals surface area contributed by atoms with E-state index in [1.165, 1.54) is 0 Å². The van der Waals surface area contributed by atoms with Crippen molar-refractivity contribution in [2.75, 3.05) is 0 Å². The van der Waals surface area contributed by atoms with Crippen molar-refractivity contribution in [3.05, 3.63) is 0 Å². The third-order valence-corrected chi connectivity index (χ3v) is 3.32. The summed E-state index contributed by atoms with van der Waals surface area (Å²) < 4.78 is 5.19. The van der Waals surface area contributed by atoms with Crippen LogP contribution >= 0.6 is 0 Å². The highest BCUT2D eigenvalue weighted by atomic mass is 16.6. The van der Waals surface area contributed by atoms with E-state index in [1.54, 1.807) is 20.8 Å². The predicted molar refractivity (Wildman–Crippen MR) is 67.3 cm³/mol. The highest BCUT2D eigenvalue weighted by Crippen LogP contribution is 2.30. The summed E-state index contributed by atoms with van der Waals surface area (Å²) in [4.78, 5) is 22.7. The summed E-state index contributed by atoms with van der Waals surface area (Å²) in [6.07, 6.45) is 1.85. The van der Waals surface area contributed by atoms with Gasteiger partial charge in [-0.05, 0) is 39.5 Å². The Morgan fingerprint density at radius 3 is 2.39 bits per heavy atom. The van der Waals surface area contributed by atoms with Crippen LogP contribution in [0.2, 0.25) is 0 Å². The van der Waals surface area contributed by atoms with Crippen LogP contribution in [0.1, 0.15) is 47.0 Å². The SMILES string of the molecule is C[C@@H]1[C@@H](C(=O)O)CCC[C@H]1NC(=O)OC(C)(C)C. The molecule has 0 bridgehead atoms. The molecule has 5 heteroatoms. The third kappa shape index (κ3) is 4.20. The van der Waals surface area contributed by atoms with Crippen LogP contribution in [0.15, 0.2) is 0 Å². The number of carbonyl (C=O) groups excluding carboxylic acids is 1. The third-order valence-electron chi connectivity index (χ3n) is 3.32. The molecule has 0 aliphatic heterocycles. The molecule has 5 nitrogen and oxygen atoms in total. The first-order chi connectivity index (χ1) is 8.20. The molecule has 18 heavy (non-hydrogen) atoms. The molecule has 3 atom stereocenters. The molecule has 0 radical (unpaired) electrons. The summed E-state index contributed by atoms with van der Waals surface area (Å²) in [6, 6.07) is -0.116. The predicted octanol–water partition coefficient (Wildman–Crippen LogP) is 2.40.